The van der Waals surface area contributed by atoms with E-state index in [4.69, 9.17) is 16.2 Å². The Morgan fingerprint density at radius 2 is 2.21 bits per heavy atom. The molecule has 1 rings (SSSR count). The molecule has 4 N–H and O–H groups in total. The molecule has 6 nitrogen and oxygen atoms in total. The molecule has 19 heavy (non-hydrogen) atoms. The maximum absolute atomic E-state index is 13.0. The number of nitrogens with zero attached hydrogens (tertiary/aromatic N) is 1. The molecular weight excluding hydrogens is 323 g/mol. The number of nitrogens with two attached hydrogens (primary N) is 1. The van der Waals surface area contributed by atoms with E-state index < -0.39 is 17.9 Å². The van der Waals surface area contributed by atoms with E-state index in [9.17, 15) is 9.18 Å². The maximum atomic E-state index is 13.0. The van der Waals surface area contributed by atoms with Crippen LogP contribution in [0.5, 0.6) is 0 Å². The molecule has 0 aromatic heterocycles. The number of hydrogen-bond acceptors (Lipinski definition) is 6. The van der Waals surface area contributed by atoms with Crippen LogP contribution in [0.3, 0.4) is 0 Å². The molecule has 0 radical (unpaired) electrons. The molecule has 0 aliphatic carbocycles. The molecule has 0 amide bonds. The van der Waals surface area contributed by atoms with Crippen LogP contribution in [0.4, 0.5) is 4.39 Å². The van der Waals surface area contributed by atoms with Crippen LogP contribution in [0.1, 0.15) is 12.5 Å². The van der Waals surface area contributed by atoms with Crippen LogP contribution in [0.2, 0.25) is 0 Å². The Hall–Kier alpha value is -1.06. The van der Waals surface area contributed by atoms with Gasteiger partial charge in [0.25, 0.3) is 0 Å². The number of esters is 1. The lowest BCUT2D eigenvalue weighted by Crippen LogP contribution is -2.26. The zero-order valence-electron chi connectivity index (χ0n) is 10.5. The van der Waals surface area contributed by atoms with Crippen molar-refractivity contribution < 1.29 is 24.2 Å². The molecule has 1 unspecified atom stereocenters. The Morgan fingerprint density at radius 3 is 2.53 bits per heavy atom. The molecule has 0 saturated carbocycles. The van der Waals surface area contributed by atoms with Crippen molar-refractivity contribution >= 4 is 21.9 Å². The number of aliphatic hydroxyl groups is 1. The van der Waals surface area contributed by atoms with Crippen molar-refractivity contribution in [2.75, 3.05) is 7.11 Å². The Labute approximate surface area is 118 Å². The number of hydroxylamine groups is 1. The van der Waals surface area contributed by atoms with Gasteiger partial charge in [-0.15, -0.1) is 5.17 Å². The highest BCUT2D eigenvalue weighted by Gasteiger charge is 2.05. The lowest BCUT2D eigenvalue weighted by Gasteiger charge is -2.08. The van der Waals surface area contributed by atoms with Gasteiger partial charge in [0.15, 0.2) is 0 Å². The SMILES string of the molecule is COC(=O)C(C)O.NN(O)Cc1ccc(Br)cc1F. The van der Waals surface area contributed by atoms with E-state index in [0.29, 0.717) is 15.2 Å². The molecule has 1 atom stereocenters. The fourth-order valence-corrected chi connectivity index (χ4v) is 1.33. The van der Waals surface area contributed by atoms with Crippen molar-refractivity contribution in [3.63, 3.8) is 0 Å². The largest absolute Gasteiger partial charge is 0.467 e. The number of carbonyl (C=O) groups is 1. The van der Waals surface area contributed by atoms with Gasteiger partial charge in [0, 0.05) is 10.0 Å². The van der Waals surface area contributed by atoms with Gasteiger partial charge >= 0.3 is 5.97 Å². The van der Waals surface area contributed by atoms with Crippen molar-refractivity contribution in [1.82, 2.24) is 5.17 Å². The van der Waals surface area contributed by atoms with Gasteiger partial charge in [0.05, 0.1) is 13.7 Å². The summed E-state index contributed by atoms with van der Waals surface area (Å²) in [5.74, 6) is 3.95. The third kappa shape index (κ3) is 7.85. The second kappa shape index (κ2) is 8.94. The number of ether oxygens (including phenoxy) is 1. The van der Waals surface area contributed by atoms with Crippen LogP contribution in [0.15, 0.2) is 22.7 Å². The van der Waals surface area contributed by atoms with Gasteiger partial charge in [-0.05, 0) is 19.1 Å². The van der Waals surface area contributed by atoms with E-state index in [0.717, 1.165) is 0 Å². The smallest absolute Gasteiger partial charge is 0.334 e. The van der Waals surface area contributed by atoms with E-state index in [1.54, 1.807) is 12.1 Å². The van der Waals surface area contributed by atoms with Gasteiger partial charge in [0.1, 0.15) is 11.9 Å². The topological polar surface area (TPSA) is 96.0 Å². The van der Waals surface area contributed by atoms with Gasteiger partial charge in [0.2, 0.25) is 0 Å². The normalized spacial score (nSPS) is 11.6. The Balaban J connectivity index is 0.000000399. The summed E-state index contributed by atoms with van der Waals surface area (Å²) in [6.07, 6.45) is -0.995. The van der Waals surface area contributed by atoms with Gasteiger partial charge < -0.3 is 9.84 Å². The van der Waals surface area contributed by atoms with Crippen LogP contribution >= 0.6 is 15.9 Å². The third-order valence-electron chi connectivity index (χ3n) is 1.89. The predicted molar refractivity (Wildman–Crippen MR) is 69.3 cm³/mol. The summed E-state index contributed by atoms with van der Waals surface area (Å²) in [7, 11) is 1.23. The summed E-state index contributed by atoms with van der Waals surface area (Å²) in [6, 6.07) is 4.55. The monoisotopic (exact) mass is 338 g/mol. The Bertz CT molecular complexity index is 416. The fraction of sp³-hybridized carbons (Fsp3) is 0.364. The predicted octanol–water partition coefficient (Wildman–Crippen LogP) is 1.19. The van der Waals surface area contributed by atoms with Gasteiger partial charge in [-0.1, -0.05) is 22.0 Å². The van der Waals surface area contributed by atoms with E-state index in [1.807, 2.05) is 0 Å². The van der Waals surface area contributed by atoms with Crippen LogP contribution in [0, 0.1) is 5.82 Å². The van der Waals surface area contributed by atoms with E-state index in [1.165, 1.54) is 20.1 Å². The van der Waals surface area contributed by atoms with Crippen LogP contribution in [0.25, 0.3) is 0 Å². The number of benzene rings is 1. The molecule has 0 fully saturated rings. The molecule has 0 saturated heterocycles. The first-order valence-electron chi connectivity index (χ1n) is 5.18. The fourth-order valence-electron chi connectivity index (χ4n) is 0.995. The van der Waals surface area contributed by atoms with Crippen molar-refractivity contribution in [1.29, 1.82) is 0 Å². The van der Waals surface area contributed by atoms with Gasteiger partial charge in [-0.25, -0.2) is 15.0 Å². The second-order valence-corrected chi connectivity index (χ2v) is 4.45. The van der Waals surface area contributed by atoms with Gasteiger partial charge in [-0.3, -0.25) is 5.21 Å². The quantitative estimate of drug-likeness (QED) is 0.435. The van der Waals surface area contributed by atoms with E-state index in [2.05, 4.69) is 20.7 Å². The zero-order chi connectivity index (χ0) is 15.0. The number of aliphatic hydroxyl groups excluding tert-OH is 1. The average Bonchev–Trinajstić information content (AvgIpc) is 2.32. The second-order valence-electron chi connectivity index (χ2n) is 3.53. The van der Waals surface area contributed by atoms with Crippen molar-refractivity contribution in [3.05, 3.63) is 34.1 Å². The zero-order valence-corrected chi connectivity index (χ0v) is 12.1. The lowest BCUT2D eigenvalue weighted by molar-refractivity contribution is -0.149. The minimum Gasteiger partial charge on any atom is -0.467 e. The number of halogens is 2. The number of hydrazine groups is 1. The number of carbonyl (C=O) groups excluding carboxylic acids is 1. The number of methoxy groups -OCH3 is 1. The van der Waals surface area contributed by atoms with Crippen molar-refractivity contribution in [2.24, 2.45) is 5.84 Å². The van der Waals surface area contributed by atoms with Crippen molar-refractivity contribution in [3.8, 4) is 0 Å². The highest BCUT2D eigenvalue weighted by molar-refractivity contribution is 9.10. The summed E-state index contributed by atoms with van der Waals surface area (Å²) in [6.45, 7) is 1.32. The molecule has 0 aliphatic heterocycles. The Kier molecular flexibility index (Phi) is 8.44. The Morgan fingerprint density at radius 1 is 1.63 bits per heavy atom. The summed E-state index contributed by atoms with van der Waals surface area (Å²) in [5, 5.41) is 17.4. The van der Waals surface area contributed by atoms with Gasteiger partial charge in [-0.2, -0.15) is 0 Å². The summed E-state index contributed by atoms with van der Waals surface area (Å²) in [4.78, 5) is 10.0. The molecule has 108 valence electrons. The van der Waals surface area contributed by atoms with Crippen LogP contribution in [-0.2, 0) is 16.1 Å². The molecule has 8 heteroatoms. The molecule has 0 aliphatic rings. The summed E-state index contributed by atoms with van der Waals surface area (Å²) in [5.41, 5.74) is 0.350. The molecule has 0 spiro atoms. The first-order valence-corrected chi connectivity index (χ1v) is 5.98. The molecular formula is C11H16BrFN2O4. The van der Waals surface area contributed by atoms with Crippen LogP contribution in [-0.4, -0.2) is 34.7 Å². The summed E-state index contributed by atoms with van der Waals surface area (Å²) < 4.78 is 17.8. The number of rotatable bonds is 3. The molecule has 1 aromatic rings. The highest BCUT2D eigenvalue weighted by Crippen LogP contribution is 2.15. The average molecular weight is 339 g/mol. The first kappa shape index (κ1) is 17.9. The first-order chi connectivity index (χ1) is 8.77. The minimum atomic E-state index is -0.995. The van der Waals surface area contributed by atoms with E-state index in [-0.39, 0.29) is 6.54 Å². The minimum absolute atomic E-state index is 0.0287. The standard InChI is InChI=1S/C7H8BrFN2O.C4H8O3/c8-6-2-1-5(4-11(10)12)7(9)3-6;1-3(5)4(6)7-2/h1-3,12H,4,10H2;3,5H,1-2H3. The highest BCUT2D eigenvalue weighted by atomic mass is 79.9. The maximum Gasteiger partial charge on any atom is 0.334 e. The summed E-state index contributed by atoms with van der Waals surface area (Å²) >= 11 is 3.12. The van der Waals surface area contributed by atoms with Crippen LogP contribution < -0.4 is 5.84 Å². The third-order valence-corrected chi connectivity index (χ3v) is 2.38. The number of hydrogen-bond donors (Lipinski definition) is 3. The molecule has 1 aromatic carbocycles. The lowest BCUT2D eigenvalue weighted by atomic mass is 10.2. The molecule has 0 heterocycles. The van der Waals surface area contributed by atoms with Crippen molar-refractivity contribution in [2.45, 2.75) is 19.6 Å². The molecule has 0 bridgehead atoms. The van der Waals surface area contributed by atoms with E-state index >= 15 is 0 Å².